The Morgan fingerprint density at radius 2 is 2.15 bits per heavy atom. The first kappa shape index (κ1) is 10.6. The van der Waals surface area contributed by atoms with E-state index in [1.54, 1.807) is 18.3 Å². The summed E-state index contributed by atoms with van der Waals surface area (Å²) in [5.74, 6) is 0. The van der Waals surface area contributed by atoms with Gasteiger partial charge in [0.05, 0.1) is 16.8 Å². The quantitative estimate of drug-likeness (QED) is 0.765. The number of rotatable bonds is 3. The van der Waals surface area contributed by atoms with Gasteiger partial charge in [0, 0.05) is 17.3 Å². The topological polar surface area (TPSA) is 59.1 Å². The van der Waals surface area contributed by atoms with Gasteiger partial charge in [0.15, 0.2) is 0 Å². The van der Waals surface area contributed by atoms with Gasteiger partial charge in [-0.05, 0) is 20.8 Å². The number of aliphatic hydroxyl groups is 1. The van der Waals surface area contributed by atoms with E-state index in [0.717, 1.165) is 10.7 Å². The van der Waals surface area contributed by atoms with Crippen LogP contribution in [-0.4, -0.2) is 22.2 Å². The zero-order valence-electron chi connectivity index (χ0n) is 8.24. The number of nitrogens with two attached hydrogens (primary N) is 1. The molecule has 0 saturated carbocycles. The average molecular weight is 200 g/mol. The number of aliphatic hydroxyl groups excluding tert-OH is 1. The first-order valence-corrected chi connectivity index (χ1v) is 5.19. The van der Waals surface area contributed by atoms with Crippen LogP contribution in [0.3, 0.4) is 0 Å². The lowest BCUT2D eigenvalue weighted by atomic mass is 10.1. The first-order valence-electron chi connectivity index (χ1n) is 4.37. The zero-order valence-corrected chi connectivity index (χ0v) is 9.06. The summed E-state index contributed by atoms with van der Waals surface area (Å²) in [6.45, 7) is 5.82. The maximum atomic E-state index is 9.52. The van der Waals surface area contributed by atoms with Gasteiger partial charge in [-0.1, -0.05) is 0 Å². The van der Waals surface area contributed by atoms with Gasteiger partial charge in [0.25, 0.3) is 0 Å². The van der Waals surface area contributed by atoms with Crippen LogP contribution < -0.4 is 5.73 Å². The highest BCUT2D eigenvalue weighted by molar-refractivity contribution is 7.11. The van der Waals surface area contributed by atoms with Gasteiger partial charge in [-0.15, -0.1) is 11.3 Å². The van der Waals surface area contributed by atoms with Gasteiger partial charge in [0.2, 0.25) is 0 Å². The van der Waals surface area contributed by atoms with E-state index in [1.165, 1.54) is 4.88 Å². The molecule has 0 aliphatic carbocycles. The number of hydrogen-bond donors (Lipinski definition) is 2. The summed E-state index contributed by atoms with van der Waals surface area (Å²) < 4.78 is 0. The Kier molecular flexibility index (Phi) is 3.41. The number of aryl methyl sites for hydroxylation is 2. The first-order chi connectivity index (χ1) is 6.00. The Morgan fingerprint density at radius 1 is 1.54 bits per heavy atom. The molecule has 2 atom stereocenters. The average Bonchev–Trinajstić information content (AvgIpc) is 2.31. The Balaban J connectivity index is 2.64. The van der Waals surface area contributed by atoms with Crippen molar-refractivity contribution in [2.45, 2.75) is 39.3 Å². The predicted molar refractivity (Wildman–Crippen MR) is 54.9 cm³/mol. The van der Waals surface area contributed by atoms with E-state index < -0.39 is 6.10 Å². The van der Waals surface area contributed by atoms with Crippen LogP contribution in [-0.2, 0) is 6.42 Å². The molecular weight excluding hydrogens is 184 g/mol. The second kappa shape index (κ2) is 4.17. The highest BCUT2D eigenvalue weighted by Gasteiger charge is 2.13. The predicted octanol–water partition coefficient (Wildman–Crippen LogP) is 1.01. The van der Waals surface area contributed by atoms with Crippen LogP contribution in [0.2, 0.25) is 0 Å². The summed E-state index contributed by atoms with van der Waals surface area (Å²) in [6.07, 6.45) is 0.0850. The third-order valence-corrected chi connectivity index (χ3v) is 3.16. The fourth-order valence-electron chi connectivity index (χ4n) is 0.991. The maximum absolute atomic E-state index is 9.52. The van der Waals surface area contributed by atoms with Crippen LogP contribution in [0.4, 0.5) is 0 Å². The number of hydrogen-bond acceptors (Lipinski definition) is 4. The van der Waals surface area contributed by atoms with E-state index in [0.29, 0.717) is 6.42 Å². The number of aromatic nitrogens is 1. The highest BCUT2D eigenvalue weighted by atomic mass is 32.1. The lowest BCUT2D eigenvalue weighted by Gasteiger charge is -2.11. The molecule has 0 radical (unpaired) electrons. The van der Waals surface area contributed by atoms with Crippen molar-refractivity contribution in [2.24, 2.45) is 5.73 Å². The lowest BCUT2D eigenvalue weighted by Crippen LogP contribution is -2.32. The van der Waals surface area contributed by atoms with Crippen molar-refractivity contribution in [1.82, 2.24) is 4.98 Å². The van der Waals surface area contributed by atoms with Crippen molar-refractivity contribution >= 4 is 11.3 Å². The SMILES string of the molecule is Cc1nc(CC(O)[C@@H](C)N)sc1C. The summed E-state index contributed by atoms with van der Waals surface area (Å²) >= 11 is 1.63. The van der Waals surface area contributed by atoms with Crippen LogP contribution >= 0.6 is 11.3 Å². The lowest BCUT2D eigenvalue weighted by molar-refractivity contribution is 0.151. The summed E-state index contributed by atoms with van der Waals surface area (Å²) in [6, 6.07) is -0.190. The fourth-order valence-corrected chi connectivity index (χ4v) is 1.97. The van der Waals surface area contributed by atoms with Crippen LogP contribution in [0.1, 0.15) is 22.5 Å². The number of nitrogens with zero attached hydrogens (tertiary/aromatic N) is 1. The Bertz CT molecular complexity index is 264. The third kappa shape index (κ3) is 2.76. The maximum Gasteiger partial charge on any atom is 0.0957 e. The Hall–Kier alpha value is -0.450. The molecular formula is C9H16N2OS. The van der Waals surface area contributed by atoms with E-state index >= 15 is 0 Å². The van der Waals surface area contributed by atoms with Crippen molar-refractivity contribution in [2.75, 3.05) is 0 Å². The van der Waals surface area contributed by atoms with Crippen molar-refractivity contribution in [3.8, 4) is 0 Å². The zero-order chi connectivity index (χ0) is 10.0. The Labute approximate surface area is 82.6 Å². The monoisotopic (exact) mass is 200 g/mol. The number of thiazole rings is 1. The van der Waals surface area contributed by atoms with Crippen molar-refractivity contribution in [1.29, 1.82) is 0 Å². The smallest absolute Gasteiger partial charge is 0.0957 e. The van der Waals surface area contributed by atoms with Gasteiger partial charge in [0.1, 0.15) is 0 Å². The van der Waals surface area contributed by atoms with E-state index in [1.807, 2.05) is 13.8 Å². The molecule has 0 saturated heterocycles. The van der Waals surface area contributed by atoms with Crippen molar-refractivity contribution < 1.29 is 5.11 Å². The molecule has 0 bridgehead atoms. The van der Waals surface area contributed by atoms with Gasteiger partial charge < -0.3 is 10.8 Å². The molecule has 0 aromatic carbocycles. The normalized spacial score (nSPS) is 15.8. The van der Waals surface area contributed by atoms with Gasteiger partial charge in [-0.25, -0.2) is 4.98 Å². The molecule has 4 heteroatoms. The minimum absolute atomic E-state index is 0.190. The van der Waals surface area contributed by atoms with E-state index in [4.69, 9.17) is 5.73 Å². The molecule has 0 aliphatic heterocycles. The highest BCUT2D eigenvalue weighted by Crippen LogP contribution is 2.18. The summed E-state index contributed by atoms with van der Waals surface area (Å²) in [7, 11) is 0. The minimum Gasteiger partial charge on any atom is -0.391 e. The molecule has 0 spiro atoms. The van der Waals surface area contributed by atoms with Crippen LogP contribution in [0.25, 0.3) is 0 Å². The fraction of sp³-hybridized carbons (Fsp3) is 0.667. The van der Waals surface area contributed by atoms with Gasteiger partial charge >= 0.3 is 0 Å². The third-order valence-electron chi connectivity index (χ3n) is 2.06. The van der Waals surface area contributed by atoms with Crippen molar-refractivity contribution in [3.05, 3.63) is 15.6 Å². The van der Waals surface area contributed by atoms with Crippen molar-refractivity contribution in [3.63, 3.8) is 0 Å². The summed E-state index contributed by atoms with van der Waals surface area (Å²) in [5, 5.41) is 10.5. The molecule has 3 N–H and O–H groups in total. The summed E-state index contributed by atoms with van der Waals surface area (Å²) in [4.78, 5) is 5.55. The second-order valence-electron chi connectivity index (χ2n) is 3.38. The second-order valence-corrected chi connectivity index (χ2v) is 4.67. The molecule has 1 unspecified atom stereocenters. The Morgan fingerprint density at radius 3 is 2.54 bits per heavy atom. The minimum atomic E-state index is -0.482. The van der Waals surface area contributed by atoms with Gasteiger partial charge in [-0.3, -0.25) is 0 Å². The van der Waals surface area contributed by atoms with Crippen LogP contribution in [0.5, 0.6) is 0 Å². The molecule has 0 amide bonds. The molecule has 1 heterocycles. The molecule has 0 fully saturated rings. The van der Waals surface area contributed by atoms with Gasteiger partial charge in [-0.2, -0.15) is 0 Å². The molecule has 3 nitrogen and oxygen atoms in total. The molecule has 1 aromatic rings. The molecule has 13 heavy (non-hydrogen) atoms. The summed E-state index contributed by atoms with van der Waals surface area (Å²) in [5.41, 5.74) is 6.61. The molecule has 1 aromatic heterocycles. The standard InChI is InChI=1S/C9H16N2OS/c1-5(10)8(12)4-9-11-6(2)7(3)13-9/h5,8,12H,4,10H2,1-3H3/t5-,8?/m1/s1. The van der Waals surface area contributed by atoms with Crippen LogP contribution in [0.15, 0.2) is 0 Å². The molecule has 74 valence electrons. The van der Waals surface area contributed by atoms with E-state index in [9.17, 15) is 5.11 Å². The largest absolute Gasteiger partial charge is 0.391 e. The van der Waals surface area contributed by atoms with E-state index in [-0.39, 0.29) is 6.04 Å². The van der Waals surface area contributed by atoms with E-state index in [2.05, 4.69) is 4.98 Å². The molecule has 0 aliphatic rings. The molecule has 1 rings (SSSR count). The van der Waals surface area contributed by atoms with Crippen LogP contribution in [0, 0.1) is 13.8 Å².